The average molecular weight is 310 g/mol. The molecular formula is C17H14N2O4. The average Bonchev–Trinajstić information content (AvgIpc) is 2.71. The van der Waals surface area contributed by atoms with Crippen LogP contribution in [0.1, 0.15) is 37.4 Å². The smallest absolute Gasteiger partial charge is 0.268 e. The van der Waals surface area contributed by atoms with E-state index in [-0.39, 0.29) is 16.8 Å². The minimum absolute atomic E-state index is 0.0728. The summed E-state index contributed by atoms with van der Waals surface area (Å²) in [4.78, 5) is 36.9. The largest absolute Gasteiger partial charge is 0.283 e. The van der Waals surface area contributed by atoms with Gasteiger partial charge in [-0.15, -0.1) is 0 Å². The third-order valence-corrected chi connectivity index (χ3v) is 3.95. The van der Waals surface area contributed by atoms with E-state index in [4.69, 9.17) is 0 Å². The number of nitrogens with zero attached hydrogens (tertiary/aromatic N) is 2. The first kappa shape index (κ1) is 14.9. The van der Waals surface area contributed by atoms with Crippen molar-refractivity contribution in [2.45, 2.75) is 20.8 Å². The number of carbonyl (C=O) groups is 2. The number of aryl methyl sites for hydroxylation is 3. The van der Waals surface area contributed by atoms with E-state index in [9.17, 15) is 19.7 Å². The van der Waals surface area contributed by atoms with Crippen molar-refractivity contribution >= 4 is 23.2 Å². The Morgan fingerprint density at radius 3 is 2.17 bits per heavy atom. The molecule has 0 aliphatic carbocycles. The fourth-order valence-electron chi connectivity index (χ4n) is 3.15. The van der Waals surface area contributed by atoms with Gasteiger partial charge in [-0.3, -0.25) is 19.7 Å². The molecule has 0 N–H and O–H groups in total. The first-order chi connectivity index (χ1) is 10.8. The Morgan fingerprint density at radius 1 is 1.00 bits per heavy atom. The van der Waals surface area contributed by atoms with Gasteiger partial charge in [0.15, 0.2) is 0 Å². The molecular weight excluding hydrogens is 296 g/mol. The SMILES string of the molecule is Cc1cc(C)c(N2C(=O)c3cccc([N+](=O)[O-])c3C2=O)c(C)c1. The van der Waals surface area contributed by atoms with Gasteiger partial charge in [0.2, 0.25) is 0 Å². The van der Waals surface area contributed by atoms with Gasteiger partial charge in [0.25, 0.3) is 17.5 Å². The van der Waals surface area contributed by atoms with Gasteiger partial charge in [-0.05, 0) is 38.0 Å². The van der Waals surface area contributed by atoms with E-state index >= 15 is 0 Å². The highest BCUT2D eigenvalue weighted by atomic mass is 16.6. The summed E-state index contributed by atoms with van der Waals surface area (Å²) in [5.41, 5.74) is 2.66. The van der Waals surface area contributed by atoms with Crippen molar-refractivity contribution in [3.8, 4) is 0 Å². The maximum atomic E-state index is 12.7. The second-order valence-corrected chi connectivity index (χ2v) is 5.65. The number of hydrogen-bond acceptors (Lipinski definition) is 4. The molecule has 2 amide bonds. The molecule has 0 saturated carbocycles. The number of nitro benzene ring substituents is 1. The van der Waals surface area contributed by atoms with Crippen LogP contribution in [-0.4, -0.2) is 16.7 Å². The highest BCUT2D eigenvalue weighted by molar-refractivity contribution is 6.36. The Bertz CT molecular complexity index is 863. The summed E-state index contributed by atoms with van der Waals surface area (Å²) in [5.74, 6) is -1.17. The first-order valence-electron chi connectivity index (χ1n) is 7.07. The van der Waals surface area contributed by atoms with E-state index in [0.717, 1.165) is 21.6 Å². The molecule has 0 saturated heterocycles. The van der Waals surface area contributed by atoms with Crippen LogP contribution in [0.3, 0.4) is 0 Å². The maximum absolute atomic E-state index is 12.7. The molecule has 0 spiro atoms. The topological polar surface area (TPSA) is 80.5 Å². The summed E-state index contributed by atoms with van der Waals surface area (Å²) in [6.45, 7) is 5.55. The Labute approximate surface area is 132 Å². The minimum Gasteiger partial charge on any atom is -0.268 e. The fraction of sp³-hybridized carbons (Fsp3) is 0.176. The molecule has 0 aromatic heterocycles. The summed E-state index contributed by atoms with van der Waals surface area (Å²) in [6, 6.07) is 7.85. The van der Waals surface area contributed by atoms with E-state index in [1.54, 1.807) is 0 Å². The van der Waals surface area contributed by atoms with Gasteiger partial charge in [0.05, 0.1) is 16.2 Å². The third kappa shape index (κ3) is 2.11. The van der Waals surface area contributed by atoms with Crippen molar-refractivity contribution in [2.24, 2.45) is 0 Å². The van der Waals surface area contributed by atoms with Crippen LogP contribution in [0.15, 0.2) is 30.3 Å². The summed E-state index contributed by atoms with van der Waals surface area (Å²) in [6.07, 6.45) is 0. The van der Waals surface area contributed by atoms with Crippen molar-refractivity contribution in [2.75, 3.05) is 4.90 Å². The molecule has 1 heterocycles. The molecule has 0 fully saturated rings. The summed E-state index contributed by atoms with van der Waals surface area (Å²) in [7, 11) is 0. The zero-order chi connectivity index (χ0) is 16.9. The molecule has 0 bridgehead atoms. The quantitative estimate of drug-likeness (QED) is 0.484. The molecule has 1 aliphatic rings. The van der Waals surface area contributed by atoms with Gasteiger partial charge in [-0.25, -0.2) is 4.90 Å². The lowest BCUT2D eigenvalue weighted by Crippen LogP contribution is -2.31. The molecule has 0 radical (unpaired) electrons. The lowest BCUT2D eigenvalue weighted by atomic mass is 10.0. The Balaban J connectivity index is 2.23. The first-order valence-corrected chi connectivity index (χ1v) is 7.07. The second-order valence-electron chi connectivity index (χ2n) is 5.65. The standard InChI is InChI=1S/C17H14N2O4/c1-9-7-10(2)15(11(3)8-9)18-16(20)12-5-4-6-13(19(22)23)14(12)17(18)21/h4-8H,1-3H3. The van der Waals surface area contributed by atoms with Crippen LogP contribution in [0.5, 0.6) is 0 Å². The van der Waals surface area contributed by atoms with Crippen LogP contribution < -0.4 is 4.90 Å². The van der Waals surface area contributed by atoms with Crippen LogP contribution in [0.2, 0.25) is 0 Å². The van der Waals surface area contributed by atoms with Gasteiger partial charge in [0.1, 0.15) is 5.56 Å². The van der Waals surface area contributed by atoms with Crippen LogP contribution in [0.25, 0.3) is 0 Å². The third-order valence-electron chi connectivity index (χ3n) is 3.95. The molecule has 116 valence electrons. The molecule has 3 rings (SSSR count). The van der Waals surface area contributed by atoms with Crippen molar-refractivity contribution in [3.63, 3.8) is 0 Å². The number of hydrogen-bond donors (Lipinski definition) is 0. The molecule has 2 aromatic rings. The van der Waals surface area contributed by atoms with Crippen molar-refractivity contribution in [1.29, 1.82) is 0 Å². The predicted molar refractivity (Wildman–Crippen MR) is 84.9 cm³/mol. The van der Waals surface area contributed by atoms with Crippen molar-refractivity contribution in [3.05, 3.63) is 68.3 Å². The fourth-order valence-corrected chi connectivity index (χ4v) is 3.15. The van der Waals surface area contributed by atoms with E-state index in [1.807, 2.05) is 32.9 Å². The summed E-state index contributed by atoms with van der Waals surface area (Å²) < 4.78 is 0. The van der Waals surface area contributed by atoms with Crippen molar-refractivity contribution < 1.29 is 14.5 Å². The maximum Gasteiger partial charge on any atom is 0.283 e. The number of imide groups is 1. The van der Waals surface area contributed by atoms with Gasteiger partial charge in [-0.1, -0.05) is 23.8 Å². The summed E-state index contributed by atoms with van der Waals surface area (Å²) >= 11 is 0. The van der Waals surface area contributed by atoms with Gasteiger partial charge >= 0.3 is 0 Å². The molecule has 1 aliphatic heterocycles. The number of benzene rings is 2. The van der Waals surface area contributed by atoms with E-state index in [0.29, 0.717) is 5.69 Å². The van der Waals surface area contributed by atoms with Gasteiger partial charge in [-0.2, -0.15) is 0 Å². The molecule has 23 heavy (non-hydrogen) atoms. The Kier molecular flexibility index (Phi) is 3.25. The number of anilines is 1. The number of rotatable bonds is 2. The van der Waals surface area contributed by atoms with Crippen molar-refractivity contribution in [1.82, 2.24) is 0 Å². The zero-order valence-corrected chi connectivity index (χ0v) is 12.9. The number of nitro groups is 1. The van der Waals surface area contributed by atoms with Gasteiger partial charge < -0.3 is 0 Å². The number of amides is 2. The Hall–Kier alpha value is -3.02. The normalized spacial score (nSPS) is 13.4. The highest BCUT2D eigenvalue weighted by Crippen LogP contribution is 2.36. The molecule has 2 aromatic carbocycles. The number of carbonyl (C=O) groups excluding carboxylic acids is 2. The minimum atomic E-state index is -0.646. The molecule has 6 nitrogen and oxygen atoms in total. The summed E-state index contributed by atoms with van der Waals surface area (Å²) in [5, 5.41) is 11.2. The lowest BCUT2D eigenvalue weighted by Gasteiger charge is -2.19. The van der Waals surface area contributed by atoms with Gasteiger partial charge in [0, 0.05) is 6.07 Å². The monoisotopic (exact) mass is 310 g/mol. The van der Waals surface area contributed by atoms with E-state index in [1.165, 1.54) is 18.2 Å². The van der Waals surface area contributed by atoms with Crippen LogP contribution in [-0.2, 0) is 0 Å². The van der Waals surface area contributed by atoms with Crippen LogP contribution in [0.4, 0.5) is 11.4 Å². The van der Waals surface area contributed by atoms with Crippen LogP contribution >= 0.6 is 0 Å². The number of fused-ring (bicyclic) bond motifs is 1. The predicted octanol–water partition coefficient (Wildman–Crippen LogP) is 3.32. The highest BCUT2D eigenvalue weighted by Gasteiger charge is 2.42. The van der Waals surface area contributed by atoms with E-state index in [2.05, 4.69) is 0 Å². The van der Waals surface area contributed by atoms with E-state index < -0.39 is 16.7 Å². The zero-order valence-electron chi connectivity index (χ0n) is 12.9. The molecule has 6 heteroatoms. The lowest BCUT2D eigenvalue weighted by molar-refractivity contribution is -0.385. The Morgan fingerprint density at radius 2 is 1.61 bits per heavy atom. The molecule has 0 atom stereocenters. The van der Waals surface area contributed by atoms with Crippen LogP contribution in [0, 0.1) is 30.9 Å². The second kappa shape index (κ2) is 5.01. The molecule has 0 unspecified atom stereocenters.